The third-order valence-electron chi connectivity index (χ3n) is 5.98. The molecule has 8 heteroatoms. The van der Waals surface area contributed by atoms with Crippen molar-refractivity contribution < 1.29 is 4.79 Å². The molecule has 0 aromatic heterocycles. The summed E-state index contributed by atoms with van der Waals surface area (Å²) >= 11 is 3.56. The van der Waals surface area contributed by atoms with Gasteiger partial charge in [0.05, 0.1) is 21.8 Å². The van der Waals surface area contributed by atoms with Crippen molar-refractivity contribution in [2.75, 3.05) is 32.0 Å². The molecule has 1 aromatic carbocycles. The lowest BCUT2D eigenvalue weighted by Gasteiger charge is -2.33. The lowest BCUT2D eigenvalue weighted by molar-refractivity contribution is 0.191. The number of carbonyl (C=O) groups excluding carboxylic acids is 1. The summed E-state index contributed by atoms with van der Waals surface area (Å²) < 4.78 is 0.811. The number of halogens is 1. The van der Waals surface area contributed by atoms with Crippen molar-refractivity contribution in [1.29, 1.82) is 5.26 Å². The van der Waals surface area contributed by atoms with Crippen molar-refractivity contribution >= 4 is 39.6 Å². The molecule has 1 atom stereocenters. The third kappa shape index (κ3) is 9.98. The SMILES string of the molecule is C=C/C(=C\C=C/C)CN/C(C)=C/C(=N/C(C)=C(\Br)C=NC)C1CCCN(C(=O)Nc2ccc(C#N)cc2)C1. The molecule has 2 amide bonds. The Morgan fingerprint density at radius 2 is 2.05 bits per heavy atom. The van der Waals surface area contributed by atoms with Crippen LogP contribution in [0.4, 0.5) is 10.5 Å². The second-order valence-electron chi connectivity index (χ2n) is 8.91. The first-order chi connectivity index (χ1) is 18.3. The summed E-state index contributed by atoms with van der Waals surface area (Å²) in [5.74, 6) is 0.0680. The van der Waals surface area contributed by atoms with Gasteiger partial charge < -0.3 is 15.5 Å². The van der Waals surface area contributed by atoms with Crippen molar-refractivity contribution in [3.63, 3.8) is 0 Å². The first-order valence-electron chi connectivity index (χ1n) is 12.6. The highest BCUT2D eigenvalue weighted by atomic mass is 79.9. The zero-order valence-corrected chi connectivity index (χ0v) is 24.3. The zero-order valence-electron chi connectivity index (χ0n) is 22.7. The van der Waals surface area contributed by atoms with E-state index >= 15 is 0 Å². The summed E-state index contributed by atoms with van der Waals surface area (Å²) in [6, 6.07) is 8.80. The summed E-state index contributed by atoms with van der Waals surface area (Å²) in [6.07, 6.45) is 13.4. The third-order valence-corrected chi connectivity index (χ3v) is 6.76. The van der Waals surface area contributed by atoms with Gasteiger partial charge in [0.1, 0.15) is 0 Å². The molecule has 38 heavy (non-hydrogen) atoms. The molecule has 0 saturated carbocycles. The van der Waals surface area contributed by atoms with Gasteiger partial charge in [0.2, 0.25) is 0 Å². The van der Waals surface area contributed by atoms with Gasteiger partial charge in [0.15, 0.2) is 0 Å². The Kier molecular flexibility index (Phi) is 13.0. The number of nitriles is 1. The minimum atomic E-state index is -0.158. The molecule has 0 bridgehead atoms. The Balaban J connectivity index is 2.26. The van der Waals surface area contributed by atoms with Crippen LogP contribution in [-0.2, 0) is 0 Å². The fourth-order valence-corrected chi connectivity index (χ4v) is 4.16. The van der Waals surface area contributed by atoms with Crippen molar-refractivity contribution in [1.82, 2.24) is 10.2 Å². The molecule has 0 spiro atoms. The smallest absolute Gasteiger partial charge is 0.321 e. The van der Waals surface area contributed by atoms with Gasteiger partial charge in [-0.25, -0.2) is 4.79 Å². The zero-order chi connectivity index (χ0) is 27.9. The molecule has 1 unspecified atom stereocenters. The van der Waals surface area contributed by atoms with Gasteiger partial charge in [0.25, 0.3) is 0 Å². The molecule has 0 aliphatic carbocycles. The predicted molar refractivity (Wildman–Crippen MR) is 163 cm³/mol. The van der Waals surface area contributed by atoms with E-state index in [4.69, 9.17) is 10.3 Å². The normalized spacial score (nSPS) is 17.8. The fourth-order valence-electron chi connectivity index (χ4n) is 3.86. The van der Waals surface area contributed by atoms with E-state index in [0.717, 1.165) is 40.0 Å². The van der Waals surface area contributed by atoms with Crippen molar-refractivity contribution in [2.24, 2.45) is 15.9 Å². The van der Waals surface area contributed by atoms with E-state index in [1.54, 1.807) is 37.5 Å². The number of hydrogen-bond donors (Lipinski definition) is 2. The molecule has 1 fully saturated rings. The van der Waals surface area contributed by atoms with Crippen LogP contribution >= 0.6 is 15.9 Å². The van der Waals surface area contributed by atoms with Crippen molar-refractivity contribution in [3.8, 4) is 6.07 Å². The highest BCUT2D eigenvalue weighted by Gasteiger charge is 2.27. The van der Waals surface area contributed by atoms with E-state index in [1.807, 2.05) is 50.0 Å². The Bertz CT molecular complexity index is 1200. The highest BCUT2D eigenvalue weighted by molar-refractivity contribution is 9.12. The van der Waals surface area contributed by atoms with Crippen LogP contribution in [0.3, 0.4) is 0 Å². The lowest BCUT2D eigenvalue weighted by atomic mass is 9.92. The molecule has 1 aliphatic rings. The average Bonchev–Trinajstić information content (AvgIpc) is 2.93. The maximum Gasteiger partial charge on any atom is 0.321 e. The Hall–Kier alpha value is -3.70. The summed E-state index contributed by atoms with van der Waals surface area (Å²) in [5, 5.41) is 15.4. The molecule has 2 rings (SSSR count). The standard InChI is InChI=1S/C30H37BrN6O/c1-6-8-10-24(7-2)19-34-22(3)17-29(35-23(4)28(31)20-33-5)26-11-9-16-37(21-26)30(38)36-27-14-12-25(18-32)13-15-27/h6-8,10,12-15,17,20,26,34H,2,9,11,16,19,21H2,1,3-5H3,(H,36,38)/b8-6-,22-17+,24-10+,28-23-,33-20?,35-29-. The maximum absolute atomic E-state index is 13.1. The van der Waals surface area contributed by atoms with E-state index in [1.165, 1.54) is 0 Å². The quantitative estimate of drug-likeness (QED) is 0.238. The van der Waals surface area contributed by atoms with Crippen LogP contribution in [-0.4, -0.2) is 49.5 Å². The maximum atomic E-state index is 13.1. The van der Waals surface area contributed by atoms with Crippen molar-refractivity contribution in [3.05, 3.63) is 88.2 Å². The number of hydrogen-bond acceptors (Lipinski definition) is 5. The van der Waals surface area contributed by atoms with Crippen LogP contribution in [0.15, 0.2) is 92.7 Å². The number of rotatable bonds is 10. The molecule has 1 heterocycles. The van der Waals surface area contributed by atoms with Gasteiger partial charge in [0, 0.05) is 55.9 Å². The van der Waals surface area contributed by atoms with Crippen LogP contribution in [0.5, 0.6) is 0 Å². The van der Waals surface area contributed by atoms with Gasteiger partial charge in [-0.3, -0.25) is 9.98 Å². The number of anilines is 1. The Morgan fingerprint density at radius 1 is 1.32 bits per heavy atom. The number of allylic oxidation sites excluding steroid dienone is 7. The molecule has 0 radical (unpaired) electrons. The number of piperidine rings is 1. The van der Waals surface area contributed by atoms with E-state index in [-0.39, 0.29) is 11.9 Å². The molecular weight excluding hydrogens is 540 g/mol. The summed E-state index contributed by atoms with van der Waals surface area (Å²) in [4.78, 5) is 23.9. The number of nitrogens with zero attached hydrogens (tertiary/aromatic N) is 4. The Morgan fingerprint density at radius 3 is 2.68 bits per heavy atom. The van der Waals surface area contributed by atoms with Crippen LogP contribution in [0.2, 0.25) is 0 Å². The fraction of sp³-hybridized carbons (Fsp3) is 0.333. The Labute approximate surface area is 235 Å². The van der Waals surface area contributed by atoms with Gasteiger partial charge in [-0.2, -0.15) is 5.26 Å². The predicted octanol–water partition coefficient (Wildman–Crippen LogP) is 6.75. The topological polar surface area (TPSA) is 92.9 Å². The van der Waals surface area contributed by atoms with Gasteiger partial charge >= 0.3 is 6.03 Å². The first kappa shape index (κ1) is 30.5. The largest absolute Gasteiger partial charge is 0.384 e. The number of nitrogens with one attached hydrogen (secondary N) is 2. The summed E-state index contributed by atoms with van der Waals surface area (Å²) in [5.41, 5.74) is 4.99. The number of carbonyl (C=O) groups is 1. The lowest BCUT2D eigenvalue weighted by Crippen LogP contribution is -2.44. The first-order valence-corrected chi connectivity index (χ1v) is 13.4. The molecule has 2 N–H and O–H groups in total. The second kappa shape index (κ2) is 16.2. The van der Waals surface area contributed by atoms with Gasteiger partial charge in [-0.15, -0.1) is 0 Å². The van der Waals surface area contributed by atoms with E-state index < -0.39 is 0 Å². The van der Waals surface area contributed by atoms with E-state index in [0.29, 0.717) is 30.9 Å². The second-order valence-corrected chi connectivity index (χ2v) is 9.77. The number of likely N-dealkylation sites (tertiary alicyclic amines) is 1. The molecule has 1 saturated heterocycles. The number of benzene rings is 1. The molecular formula is C30H37BrN6O. The van der Waals surface area contributed by atoms with Crippen LogP contribution < -0.4 is 10.6 Å². The monoisotopic (exact) mass is 576 g/mol. The van der Waals surface area contributed by atoms with Gasteiger partial charge in [-0.1, -0.05) is 30.9 Å². The van der Waals surface area contributed by atoms with Crippen molar-refractivity contribution in [2.45, 2.75) is 33.6 Å². The van der Waals surface area contributed by atoms with E-state index in [9.17, 15) is 4.79 Å². The molecule has 1 aliphatic heterocycles. The average molecular weight is 578 g/mol. The molecule has 1 aromatic rings. The highest BCUT2D eigenvalue weighted by Crippen LogP contribution is 2.23. The number of urea groups is 1. The summed E-state index contributed by atoms with van der Waals surface area (Å²) in [7, 11) is 1.72. The minimum absolute atomic E-state index is 0.0680. The van der Waals surface area contributed by atoms with Crippen LogP contribution in [0, 0.1) is 17.2 Å². The number of aliphatic imine (C=N–C) groups is 2. The van der Waals surface area contributed by atoms with Gasteiger partial charge in [-0.05, 0) is 85.5 Å². The molecule has 7 nitrogen and oxygen atoms in total. The van der Waals surface area contributed by atoms with E-state index in [2.05, 4.69) is 50.3 Å². The molecule has 200 valence electrons. The summed E-state index contributed by atoms with van der Waals surface area (Å²) in [6.45, 7) is 11.7. The number of amides is 2. The van der Waals surface area contributed by atoms with Crippen LogP contribution in [0.25, 0.3) is 0 Å². The minimum Gasteiger partial charge on any atom is -0.384 e. The van der Waals surface area contributed by atoms with Crippen LogP contribution in [0.1, 0.15) is 39.2 Å².